The van der Waals surface area contributed by atoms with Crippen molar-refractivity contribution in [3.05, 3.63) is 23.9 Å². The molecule has 0 N–H and O–H groups in total. The summed E-state index contributed by atoms with van der Waals surface area (Å²) < 4.78 is 0. The molecule has 2 saturated carbocycles. The van der Waals surface area contributed by atoms with Crippen molar-refractivity contribution >= 4 is 0 Å². The summed E-state index contributed by atoms with van der Waals surface area (Å²) in [6.07, 6.45) is 9.53. The first-order chi connectivity index (χ1) is 10.5. The van der Waals surface area contributed by atoms with Crippen LogP contribution in [0.2, 0.25) is 0 Å². The maximum Gasteiger partial charge on any atom is 0.0206 e. The molecule has 0 aliphatic heterocycles. The van der Waals surface area contributed by atoms with Crippen LogP contribution in [-0.2, 0) is 0 Å². The zero-order chi connectivity index (χ0) is 15.9. The minimum absolute atomic E-state index is 0.742. The van der Waals surface area contributed by atoms with E-state index in [9.17, 15) is 0 Å². The van der Waals surface area contributed by atoms with Gasteiger partial charge in [0.1, 0.15) is 0 Å². The molecule has 22 heavy (non-hydrogen) atoms. The van der Waals surface area contributed by atoms with Crippen molar-refractivity contribution in [2.75, 3.05) is 13.1 Å². The van der Waals surface area contributed by atoms with Crippen LogP contribution in [0.4, 0.5) is 0 Å². The van der Waals surface area contributed by atoms with Crippen molar-refractivity contribution in [2.24, 2.45) is 35.5 Å². The Kier molecular flexibility index (Phi) is 4.71. The highest BCUT2D eigenvalue weighted by Crippen LogP contribution is 2.51. The third-order valence-electron chi connectivity index (χ3n) is 6.12. The summed E-state index contributed by atoms with van der Waals surface area (Å²) >= 11 is 0. The number of hydrogen-bond donors (Lipinski definition) is 0. The highest BCUT2D eigenvalue weighted by atomic mass is 15.2. The predicted octanol–water partition coefficient (Wildman–Crippen LogP) is 5.50. The van der Waals surface area contributed by atoms with E-state index in [1.54, 1.807) is 5.57 Å². The first-order valence-corrected chi connectivity index (χ1v) is 9.56. The van der Waals surface area contributed by atoms with Gasteiger partial charge in [0.2, 0.25) is 0 Å². The van der Waals surface area contributed by atoms with Gasteiger partial charge >= 0.3 is 0 Å². The molecule has 0 aromatic heterocycles. The van der Waals surface area contributed by atoms with Crippen LogP contribution in [0.3, 0.4) is 0 Å². The first-order valence-electron chi connectivity index (χ1n) is 9.56. The van der Waals surface area contributed by atoms with Crippen molar-refractivity contribution in [1.29, 1.82) is 0 Å². The second-order valence-electron chi connectivity index (χ2n) is 8.80. The summed E-state index contributed by atoms with van der Waals surface area (Å²) in [5.74, 6) is 5.23. The van der Waals surface area contributed by atoms with Crippen LogP contribution in [0.25, 0.3) is 0 Å². The average molecular weight is 302 g/mol. The molecule has 2 fully saturated rings. The van der Waals surface area contributed by atoms with E-state index in [-0.39, 0.29) is 0 Å². The summed E-state index contributed by atoms with van der Waals surface area (Å²) in [7, 11) is 0. The van der Waals surface area contributed by atoms with E-state index in [0.29, 0.717) is 0 Å². The van der Waals surface area contributed by atoms with E-state index in [0.717, 1.165) is 35.5 Å². The van der Waals surface area contributed by atoms with Gasteiger partial charge in [0.25, 0.3) is 0 Å². The van der Waals surface area contributed by atoms with E-state index < -0.39 is 0 Å². The van der Waals surface area contributed by atoms with Gasteiger partial charge in [-0.2, -0.15) is 0 Å². The minimum Gasteiger partial charge on any atom is -0.375 e. The molecule has 0 aromatic carbocycles. The highest BCUT2D eigenvalue weighted by molar-refractivity contribution is 5.12. The van der Waals surface area contributed by atoms with Gasteiger partial charge in [0.15, 0.2) is 0 Å². The third-order valence-corrected chi connectivity index (χ3v) is 6.12. The van der Waals surface area contributed by atoms with Crippen molar-refractivity contribution in [3.63, 3.8) is 0 Å². The van der Waals surface area contributed by atoms with Crippen LogP contribution in [-0.4, -0.2) is 18.0 Å². The Labute approximate surface area is 137 Å². The standard InChI is InChI=1S/C21H35N/c1-14(2)12-22(17(5)18-7-8-18)13-19-11-21(19)20-9-6-15(3)10-16(20)4/h10,14,16,18-21H,5-9,11-13H2,1-4H3/t16?,19-,20?,21?/m1/s1. The van der Waals surface area contributed by atoms with Crippen LogP contribution in [0, 0.1) is 35.5 Å². The number of nitrogens with zero attached hydrogens (tertiary/aromatic N) is 1. The van der Waals surface area contributed by atoms with E-state index >= 15 is 0 Å². The first kappa shape index (κ1) is 16.1. The Bertz CT molecular complexity index is 443. The molecular weight excluding hydrogens is 266 g/mol. The number of rotatable bonds is 7. The Morgan fingerprint density at radius 1 is 1.27 bits per heavy atom. The lowest BCUT2D eigenvalue weighted by Crippen LogP contribution is -2.30. The van der Waals surface area contributed by atoms with Gasteiger partial charge in [-0.25, -0.2) is 0 Å². The lowest BCUT2D eigenvalue weighted by atomic mass is 9.78. The topological polar surface area (TPSA) is 3.24 Å². The quantitative estimate of drug-likeness (QED) is 0.561. The fourth-order valence-electron chi connectivity index (χ4n) is 4.63. The zero-order valence-electron chi connectivity index (χ0n) is 15.1. The van der Waals surface area contributed by atoms with Crippen molar-refractivity contribution in [3.8, 4) is 0 Å². The molecule has 0 spiro atoms. The van der Waals surface area contributed by atoms with Crippen LogP contribution in [0.5, 0.6) is 0 Å². The summed E-state index contributed by atoms with van der Waals surface area (Å²) in [6.45, 7) is 16.3. The zero-order valence-corrected chi connectivity index (χ0v) is 15.1. The van der Waals surface area contributed by atoms with Gasteiger partial charge in [0.05, 0.1) is 0 Å². The molecule has 0 aromatic rings. The number of hydrogen-bond acceptors (Lipinski definition) is 1. The Morgan fingerprint density at radius 3 is 2.59 bits per heavy atom. The minimum atomic E-state index is 0.742. The van der Waals surface area contributed by atoms with Crippen LogP contribution < -0.4 is 0 Å². The molecule has 3 rings (SSSR count). The van der Waals surface area contributed by atoms with Crippen LogP contribution in [0.15, 0.2) is 23.9 Å². The van der Waals surface area contributed by atoms with Crippen LogP contribution in [0.1, 0.15) is 59.8 Å². The van der Waals surface area contributed by atoms with E-state index in [1.807, 2.05) is 0 Å². The van der Waals surface area contributed by atoms with Crippen molar-refractivity contribution in [1.82, 2.24) is 4.90 Å². The normalized spacial score (nSPS) is 34.5. The monoisotopic (exact) mass is 301 g/mol. The maximum absolute atomic E-state index is 4.43. The lowest BCUT2D eigenvalue weighted by molar-refractivity contribution is 0.253. The van der Waals surface area contributed by atoms with Gasteiger partial charge in [0, 0.05) is 18.8 Å². The van der Waals surface area contributed by atoms with Gasteiger partial charge < -0.3 is 4.90 Å². The molecule has 4 atom stereocenters. The summed E-state index contributed by atoms with van der Waals surface area (Å²) in [6, 6.07) is 0. The Balaban J connectivity index is 1.55. The SMILES string of the molecule is C=C(C1CC1)N(CC(C)C)C[C@H]1CC1C1CCC(C)=CC1C. The molecule has 0 heterocycles. The Morgan fingerprint density at radius 2 is 2.00 bits per heavy atom. The molecule has 0 bridgehead atoms. The fourth-order valence-corrected chi connectivity index (χ4v) is 4.63. The molecule has 3 aliphatic carbocycles. The molecule has 3 unspecified atom stereocenters. The molecule has 0 radical (unpaired) electrons. The van der Waals surface area contributed by atoms with Gasteiger partial charge in [-0.05, 0) is 74.5 Å². The summed E-state index contributed by atoms with van der Waals surface area (Å²) in [4.78, 5) is 2.65. The maximum atomic E-state index is 4.43. The average Bonchev–Trinajstić information content (AvgIpc) is 3.31. The largest absolute Gasteiger partial charge is 0.375 e. The lowest BCUT2D eigenvalue weighted by Gasteiger charge is -2.31. The Hall–Kier alpha value is -0.720. The second kappa shape index (κ2) is 6.42. The summed E-state index contributed by atoms with van der Waals surface area (Å²) in [5.41, 5.74) is 3.07. The molecule has 3 aliphatic rings. The highest BCUT2D eigenvalue weighted by Gasteiger charge is 2.45. The van der Waals surface area contributed by atoms with E-state index in [4.69, 9.17) is 0 Å². The molecule has 1 heteroatoms. The third kappa shape index (κ3) is 3.78. The van der Waals surface area contributed by atoms with Crippen molar-refractivity contribution < 1.29 is 0 Å². The molecule has 0 amide bonds. The van der Waals surface area contributed by atoms with E-state index in [1.165, 1.54) is 50.9 Å². The van der Waals surface area contributed by atoms with Gasteiger partial charge in [-0.1, -0.05) is 39.0 Å². The van der Waals surface area contributed by atoms with Gasteiger partial charge in [-0.3, -0.25) is 0 Å². The molecular formula is C21H35N. The second-order valence-corrected chi connectivity index (χ2v) is 8.80. The van der Waals surface area contributed by atoms with E-state index in [2.05, 4.69) is 45.2 Å². The smallest absolute Gasteiger partial charge is 0.0206 e. The summed E-state index contributed by atoms with van der Waals surface area (Å²) in [5, 5.41) is 0. The fraction of sp³-hybridized carbons (Fsp3) is 0.810. The van der Waals surface area contributed by atoms with Crippen LogP contribution >= 0.6 is 0 Å². The molecule has 124 valence electrons. The number of allylic oxidation sites excluding steroid dienone is 3. The molecule has 0 saturated heterocycles. The van der Waals surface area contributed by atoms with Gasteiger partial charge in [-0.15, -0.1) is 0 Å². The molecule has 1 nitrogen and oxygen atoms in total. The predicted molar refractivity (Wildman–Crippen MR) is 95.5 cm³/mol. The van der Waals surface area contributed by atoms with Crippen molar-refractivity contribution in [2.45, 2.75) is 59.8 Å².